The van der Waals surface area contributed by atoms with Crippen LogP contribution < -0.4 is 9.80 Å². The second-order valence-electron chi connectivity index (χ2n) is 18.9. The van der Waals surface area contributed by atoms with E-state index in [4.69, 9.17) is 19.9 Å². The minimum atomic E-state index is -0.0220. The van der Waals surface area contributed by atoms with E-state index < -0.39 is 0 Å². The lowest BCUT2D eigenvalue weighted by molar-refractivity contribution is 0.203. The van der Waals surface area contributed by atoms with E-state index in [2.05, 4.69) is 117 Å². The third-order valence-corrected chi connectivity index (χ3v) is 14.5. The van der Waals surface area contributed by atoms with Gasteiger partial charge in [0.1, 0.15) is 22.9 Å². The second-order valence-corrected chi connectivity index (χ2v) is 18.9. The highest BCUT2D eigenvalue weighted by Crippen LogP contribution is 2.36. The number of likely N-dealkylation sites (N-methyl/N-ethyl adjacent to an activating group) is 2. The van der Waals surface area contributed by atoms with Crippen molar-refractivity contribution >= 4 is 22.9 Å². The van der Waals surface area contributed by atoms with Gasteiger partial charge in [-0.25, -0.2) is 9.97 Å². The molecule has 14 nitrogen and oxygen atoms in total. The minimum absolute atomic E-state index is 0.0220. The number of anilines is 2. The molecule has 0 unspecified atom stereocenters. The molecule has 14 heteroatoms. The zero-order chi connectivity index (χ0) is 44.5. The summed E-state index contributed by atoms with van der Waals surface area (Å²) in [5.74, 6) is 2.25. The van der Waals surface area contributed by atoms with Crippen LogP contribution in [0.3, 0.4) is 0 Å². The molecule has 6 aromatic rings. The van der Waals surface area contributed by atoms with Crippen molar-refractivity contribution in [3.8, 4) is 0 Å². The summed E-state index contributed by atoms with van der Waals surface area (Å²) < 4.78 is 4.32. The Morgan fingerprint density at radius 1 is 0.562 bits per heavy atom. The summed E-state index contributed by atoms with van der Waals surface area (Å²) in [5, 5.41) is 20.8. The summed E-state index contributed by atoms with van der Waals surface area (Å²) in [6.07, 6.45) is 12.9. The number of pyridine rings is 4. The van der Waals surface area contributed by atoms with Crippen molar-refractivity contribution in [1.82, 2.24) is 48.3 Å². The molecule has 2 saturated heterocycles. The van der Waals surface area contributed by atoms with Crippen LogP contribution in [-0.2, 0) is 39.1 Å². The number of fused-ring (bicyclic) bond motifs is 4. The quantitative estimate of drug-likeness (QED) is 0.156. The molecule has 0 saturated carbocycles. The van der Waals surface area contributed by atoms with Gasteiger partial charge in [0.05, 0.1) is 59.5 Å². The van der Waals surface area contributed by atoms with Gasteiger partial charge in [-0.05, 0) is 141 Å². The molecule has 2 aliphatic heterocycles. The summed E-state index contributed by atoms with van der Waals surface area (Å²) >= 11 is 0. The number of nitrogens with zero attached hydrogens (tertiary/aromatic N) is 12. The van der Waals surface area contributed by atoms with Crippen molar-refractivity contribution in [2.75, 3.05) is 78.3 Å². The highest BCUT2D eigenvalue weighted by atomic mass is 16.3. The number of aromatic nitrogens is 6. The second kappa shape index (κ2) is 19.3. The van der Waals surface area contributed by atoms with Gasteiger partial charge < -0.3 is 29.8 Å². The van der Waals surface area contributed by atoms with Gasteiger partial charge >= 0.3 is 0 Å². The van der Waals surface area contributed by atoms with Crippen molar-refractivity contribution < 1.29 is 10.2 Å². The summed E-state index contributed by atoms with van der Waals surface area (Å²) in [4.78, 5) is 33.5. The molecular weight excluding hydrogens is 801 g/mol. The summed E-state index contributed by atoms with van der Waals surface area (Å²) in [6, 6.07) is 22.7. The van der Waals surface area contributed by atoms with Gasteiger partial charge in [0.15, 0.2) is 0 Å². The van der Waals surface area contributed by atoms with Crippen LogP contribution in [0.2, 0.25) is 0 Å². The number of aliphatic hydroxyl groups is 2. The number of hydrogen-bond donors (Lipinski definition) is 2. The predicted molar refractivity (Wildman–Crippen MR) is 254 cm³/mol. The summed E-state index contributed by atoms with van der Waals surface area (Å²) in [6.45, 7) is 5.37. The molecule has 4 atom stereocenters. The maximum atomic E-state index is 10.4. The number of hydrogen-bond acceptors (Lipinski definition) is 12. The minimum Gasteiger partial charge on any atom is -0.390 e. The molecule has 2 fully saturated rings. The Balaban J connectivity index is 0.000000162. The SMILES string of the molecule is CN(C)[C@@H]1CCN(c2cccc3nc(CN(C)[C@H]4CCCc5cccnc54)c(CO)n23)C1.CN(C)[C@@H]1CCN(c2cccc3nc(CN(C)[C@H]4CCCc5cccnc54)c(CO)n23)C1. The molecule has 0 amide bonds. The first-order valence-corrected chi connectivity index (χ1v) is 23.4. The predicted octanol–water partition coefficient (Wildman–Crippen LogP) is 5.74. The molecule has 0 bridgehead atoms. The number of rotatable bonds is 12. The van der Waals surface area contributed by atoms with E-state index in [9.17, 15) is 10.2 Å². The lowest BCUT2D eigenvalue weighted by Crippen LogP contribution is -2.32. The topological polar surface area (TPSA) is 120 Å². The smallest absolute Gasteiger partial charge is 0.138 e. The molecule has 64 heavy (non-hydrogen) atoms. The van der Waals surface area contributed by atoms with E-state index in [1.165, 1.54) is 35.4 Å². The molecule has 2 N–H and O–H groups in total. The summed E-state index contributed by atoms with van der Waals surface area (Å²) in [7, 11) is 12.9. The Labute approximate surface area is 378 Å². The van der Waals surface area contributed by atoms with E-state index >= 15 is 0 Å². The van der Waals surface area contributed by atoms with E-state index in [0.717, 1.165) is 110 Å². The van der Waals surface area contributed by atoms with Crippen molar-refractivity contribution in [3.63, 3.8) is 0 Å². The van der Waals surface area contributed by atoms with E-state index in [1.54, 1.807) is 0 Å². The Kier molecular flexibility index (Phi) is 13.3. The van der Waals surface area contributed by atoms with Crippen LogP contribution in [0.1, 0.15) is 95.9 Å². The van der Waals surface area contributed by atoms with Crippen molar-refractivity contribution in [2.45, 2.75) is 102 Å². The average molecular weight is 869 g/mol. The first-order valence-electron chi connectivity index (χ1n) is 23.4. The third-order valence-electron chi connectivity index (χ3n) is 14.5. The highest BCUT2D eigenvalue weighted by molar-refractivity contribution is 5.57. The van der Waals surface area contributed by atoms with Crippen LogP contribution in [-0.4, -0.2) is 139 Å². The Morgan fingerprint density at radius 3 is 1.39 bits per heavy atom. The molecule has 6 aromatic heterocycles. The third kappa shape index (κ3) is 8.76. The lowest BCUT2D eigenvalue weighted by Gasteiger charge is -2.32. The molecule has 0 spiro atoms. The first kappa shape index (κ1) is 44.3. The van der Waals surface area contributed by atoms with Crippen LogP contribution in [0.15, 0.2) is 73.1 Å². The monoisotopic (exact) mass is 869 g/mol. The van der Waals surface area contributed by atoms with Gasteiger partial charge in [-0.2, -0.15) is 0 Å². The summed E-state index contributed by atoms with van der Waals surface area (Å²) in [5.41, 5.74) is 10.6. The van der Waals surface area contributed by atoms with Gasteiger partial charge in [0, 0.05) is 63.7 Å². The maximum absolute atomic E-state index is 10.4. The molecule has 8 heterocycles. The molecule has 10 rings (SSSR count). The fourth-order valence-electron chi connectivity index (χ4n) is 10.9. The van der Waals surface area contributed by atoms with Crippen molar-refractivity contribution in [2.24, 2.45) is 0 Å². The number of aryl methyl sites for hydroxylation is 2. The van der Waals surface area contributed by atoms with E-state index in [0.29, 0.717) is 25.2 Å². The fourth-order valence-corrected chi connectivity index (χ4v) is 10.9. The standard InChI is InChI=1S/2C25H34N6O/c2*1-28(2)19-12-14-30(15-19)24-11-5-10-23-27-20(22(17-32)31(23)24)16-29(3)21-9-4-7-18-8-6-13-26-25(18)21/h2*5-6,8,10-11,13,19,21,32H,4,7,9,12,14-17H2,1-3H3/t2*19-,21+/m11/s1. The van der Waals surface area contributed by atoms with Crippen LogP contribution in [0, 0.1) is 0 Å². The van der Waals surface area contributed by atoms with Crippen LogP contribution in [0.5, 0.6) is 0 Å². The molecule has 340 valence electrons. The molecule has 4 aliphatic rings. The van der Waals surface area contributed by atoms with Gasteiger partial charge in [0.2, 0.25) is 0 Å². The van der Waals surface area contributed by atoms with Gasteiger partial charge in [0.25, 0.3) is 0 Å². The highest BCUT2D eigenvalue weighted by Gasteiger charge is 2.31. The van der Waals surface area contributed by atoms with Crippen LogP contribution >= 0.6 is 0 Å². The zero-order valence-corrected chi connectivity index (χ0v) is 38.8. The van der Waals surface area contributed by atoms with Crippen molar-refractivity contribution in [1.29, 1.82) is 0 Å². The van der Waals surface area contributed by atoms with E-state index in [1.807, 2.05) is 36.7 Å². The molecule has 0 radical (unpaired) electrons. The Morgan fingerprint density at radius 2 is 1.00 bits per heavy atom. The number of imidazole rings is 2. The van der Waals surface area contributed by atoms with Crippen LogP contribution in [0.25, 0.3) is 11.3 Å². The Bertz CT molecular complexity index is 2360. The van der Waals surface area contributed by atoms with Crippen LogP contribution in [0.4, 0.5) is 11.6 Å². The molecular formula is C50H68N12O2. The maximum Gasteiger partial charge on any atom is 0.138 e. The fraction of sp³-hybridized carbons (Fsp3) is 0.520. The molecule has 2 aliphatic carbocycles. The van der Waals surface area contributed by atoms with Gasteiger partial charge in [-0.1, -0.05) is 24.3 Å². The first-order chi connectivity index (χ1) is 31.1. The Hall–Kier alpha value is -4.96. The van der Waals surface area contributed by atoms with Crippen molar-refractivity contribution in [3.05, 3.63) is 118 Å². The van der Waals surface area contributed by atoms with Gasteiger partial charge in [-0.3, -0.25) is 28.6 Å². The molecule has 0 aromatic carbocycles. The largest absolute Gasteiger partial charge is 0.390 e. The van der Waals surface area contributed by atoms with E-state index in [-0.39, 0.29) is 25.3 Å². The average Bonchev–Trinajstić information content (AvgIpc) is 4.14. The normalized spacial score (nSPS) is 21.1. The number of aliphatic hydroxyl groups excluding tert-OH is 2. The lowest BCUT2D eigenvalue weighted by atomic mass is 9.91. The van der Waals surface area contributed by atoms with Gasteiger partial charge in [-0.15, -0.1) is 0 Å². The zero-order valence-electron chi connectivity index (χ0n) is 38.8.